The summed E-state index contributed by atoms with van der Waals surface area (Å²) in [4.78, 5) is 10.8. The number of hydrogen-bond donors (Lipinski definition) is 2. The van der Waals surface area contributed by atoms with Gasteiger partial charge in [-0.25, -0.2) is 4.98 Å². The molecular formula is C15H25N5O. The van der Waals surface area contributed by atoms with Gasteiger partial charge in [0, 0.05) is 31.8 Å². The number of nitrogens with one attached hydrogen (secondary N) is 1. The molecule has 1 saturated carbocycles. The largest absolute Gasteiger partial charge is 0.375 e. The summed E-state index contributed by atoms with van der Waals surface area (Å²) in [6, 6.07) is 2.54. The molecule has 2 fully saturated rings. The van der Waals surface area contributed by atoms with Crippen LogP contribution in [0, 0.1) is 5.92 Å². The van der Waals surface area contributed by atoms with Gasteiger partial charge in [0.2, 0.25) is 5.95 Å². The van der Waals surface area contributed by atoms with Crippen LogP contribution in [-0.2, 0) is 11.3 Å². The molecule has 0 bridgehead atoms. The molecule has 6 heteroatoms. The van der Waals surface area contributed by atoms with E-state index in [1.165, 1.54) is 25.7 Å². The average molecular weight is 291 g/mol. The van der Waals surface area contributed by atoms with Gasteiger partial charge in [-0.05, 0) is 25.8 Å². The molecule has 21 heavy (non-hydrogen) atoms. The van der Waals surface area contributed by atoms with Crippen LogP contribution in [0.15, 0.2) is 6.07 Å². The Morgan fingerprint density at radius 3 is 2.81 bits per heavy atom. The van der Waals surface area contributed by atoms with Crippen molar-refractivity contribution in [3.8, 4) is 0 Å². The van der Waals surface area contributed by atoms with Crippen LogP contribution >= 0.6 is 0 Å². The SMILES string of the molecule is CNC1CN(c2cc(COCC3CCCC3)nc(N)n2)C1. The highest BCUT2D eigenvalue weighted by Gasteiger charge is 2.26. The van der Waals surface area contributed by atoms with Crippen LogP contribution in [0.4, 0.5) is 11.8 Å². The maximum absolute atomic E-state index is 5.82. The third kappa shape index (κ3) is 3.63. The van der Waals surface area contributed by atoms with Gasteiger partial charge in [-0.3, -0.25) is 0 Å². The van der Waals surface area contributed by atoms with Crippen LogP contribution in [0.5, 0.6) is 0 Å². The summed E-state index contributed by atoms with van der Waals surface area (Å²) >= 11 is 0. The van der Waals surface area contributed by atoms with Gasteiger partial charge in [0.1, 0.15) is 5.82 Å². The molecular weight excluding hydrogens is 266 g/mol. The number of ether oxygens (including phenoxy) is 1. The number of likely N-dealkylation sites (N-methyl/N-ethyl adjacent to an activating group) is 1. The lowest BCUT2D eigenvalue weighted by Gasteiger charge is -2.40. The number of anilines is 2. The van der Waals surface area contributed by atoms with E-state index in [9.17, 15) is 0 Å². The van der Waals surface area contributed by atoms with E-state index in [1.54, 1.807) is 0 Å². The zero-order chi connectivity index (χ0) is 14.7. The van der Waals surface area contributed by atoms with E-state index in [4.69, 9.17) is 10.5 Å². The Balaban J connectivity index is 1.53. The third-order valence-corrected chi connectivity index (χ3v) is 4.48. The monoisotopic (exact) mass is 291 g/mol. The summed E-state index contributed by atoms with van der Waals surface area (Å²) in [7, 11) is 1.98. The van der Waals surface area contributed by atoms with Crippen LogP contribution in [0.1, 0.15) is 31.4 Å². The number of aromatic nitrogens is 2. The Labute approximate surface area is 126 Å². The van der Waals surface area contributed by atoms with Crippen molar-refractivity contribution in [3.05, 3.63) is 11.8 Å². The predicted octanol–water partition coefficient (Wildman–Crippen LogP) is 1.17. The normalized spacial score (nSPS) is 20.0. The fourth-order valence-electron chi connectivity index (χ4n) is 3.09. The van der Waals surface area contributed by atoms with Gasteiger partial charge in [-0.2, -0.15) is 4.98 Å². The minimum Gasteiger partial charge on any atom is -0.375 e. The van der Waals surface area contributed by atoms with Crippen molar-refractivity contribution in [2.75, 3.05) is 37.4 Å². The van der Waals surface area contributed by atoms with Gasteiger partial charge in [0.05, 0.1) is 12.3 Å². The van der Waals surface area contributed by atoms with Crippen LogP contribution in [0.3, 0.4) is 0 Å². The summed E-state index contributed by atoms with van der Waals surface area (Å²) in [5, 5.41) is 3.25. The van der Waals surface area contributed by atoms with Crippen molar-refractivity contribution < 1.29 is 4.74 Å². The molecule has 0 unspecified atom stereocenters. The molecule has 0 spiro atoms. The molecule has 0 aromatic carbocycles. The molecule has 1 aromatic rings. The lowest BCUT2D eigenvalue weighted by Crippen LogP contribution is -2.57. The number of nitrogens with two attached hydrogens (primary N) is 1. The summed E-state index contributed by atoms with van der Waals surface area (Å²) in [6.45, 7) is 3.30. The fourth-order valence-corrected chi connectivity index (χ4v) is 3.09. The first-order valence-corrected chi connectivity index (χ1v) is 7.88. The quantitative estimate of drug-likeness (QED) is 0.819. The molecule has 3 rings (SSSR count). The van der Waals surface area contributed by atoms with E-state index < -0.39 is 0 Å². The van der Waals surface area contributed by atoms with Gasteiger partial charge in [0.15, 0.2) is 0 Å². The Hall–Kier alpha value is -1.40. The lowest BCUT2D eigenvalue weighted by atomic mass is 10.1. The van der Waals surface area contributed by atoms with E-state index in [1.807, 2.05) is 13.1 Å². The first-order valence-electron chi connectivity index (χ1n) is 7.88. The van der Waals surface area contributed by atoms with Crippen molar-refractivity contribution in [3.63, 3.8) is 0 Å². The maximum Gasteiger partial charge on any atom is 0.222 e. The Morgan fingerprint density at radius 1 is 1.33 bits per heavy atom. The van der Waals surface area contributed by atoms with Crippen molar-refractivity contribution in [1.29, 1.82) is 0 Å². The standard InChI is InChI=1S/C15H25N5O/c1-17-13-7-20(8-13)14-6-12(18-15(16)19-14)10-21-9-11-4-2-3-5-11/h6,11,13,17H,2-5,7-10H2,1H3,(H2,16,18,19). The van der Waals surface area contributed by atoms with Gasteiger partial charge in [-0.1, -0.05) is 12.8 Å². The summed E-state index contributed by atoms with van der Waals surface area (Å²) in [6.07, 6.45) is 5.30. The molecule has 3 N–H and O–H groups in total. The molecule has 1 aromatic heterocycles. The molecule has 116 valence electrons. The van der Waals surface area contributed by atoms with Crippen LogP contribution in [-0.4, -0.2) is 42.8 Å². The molecule has 0 amide bonds. The van der Waals surface area contributed by atoms with Gasteiger partial charge >= 0.3 is 0 Å². The first-order chi connectivity index (χ1) is 10.2. The maximum atomic E-state index is 5.82. The summed E-state index contributed by atoms with van der Waals surface area (Å²) in [5.41, 5.74) is 6.70. The molecule has 1 aliphatic carbocycles. The molecule has 0 radical (unpaired) electrons. The predicted molar refractivity (Wildman–Crippen MR) is 83.1 cm³/mol. The second-order valence-corrected chi connectivity index (χ2v) is 6.13. The number of nitrogens with zero attached hydrogens (tertiary/aromatic N) is 3. The van der Waals surface area contributed by atoms with E-state index >= 15 is 0 Å². The molecule has 2 aliphatic rings. The topological polar surface area (TPSA) is 76.3 Å². The van der Waals surface area contributed by atoms with E-state index in [2.05, 4.69) is 20.2 Å². The average Bonchev–Trinajstić information content (AvgIpc) is 2.90. The highest BCUT2D eigenvalue weighted by Crippen LogP contribution is 2.25. The minimum absolute atomic E-state index is 0.333. The Bertz CT molecular complexity index is 469. The molecule has 6 nitrogen and oxygen atoms in total. The minimum atomic E-state index is 0.333. The van der Waals surface area contributed by atoms with Crippen LogP contribution in [0.2, 0.25) is 0 Å². The van der Waals surface area contributed by atoms with Crippen molar-refractivity contribution in [2.45, 2.75) is 38.3 Å². The molecule has 2 heterocycles. The van der Waals surface area contributed by atoms with Crippen molar-refractivity contribution in [1.82, 2.24) is 15.3 Å². The lowest BCUT2D eigenvalue weighted by molar-refractivity contribution is 0.0867. The summed E-state index contributed by atoms with van der Waals surface area (Å²) < 4.78 is 5.81. The first kappa shape index (κ1) is 14.5. The van der Waals surface area contributed by atoms with E-state index in [0.29, 0.717) is 18.6 Å². The summed E-state index contributed by atoms with van der Waals surface area (Å²) in [5.74, 6) is 1.98. The zero-order valence-corrected chi connectivity index (χ0v) is 12.7. The van der Waals surface area contributed by atoms with Crippen molar-refractivity contribution >= 4 is 11.8 Å². The molecule has 0 atom stereocenters. The van der Waals surface area contributed by atoms with Gasteiger partial charge in [-0.15, -0.1) is 0 Å². The molecule has 1 saturated heterocycles. The van der Waals surface area contributed by atoms with Crippen LogP contribution < -0.4 is 16.0 Å². The molecule has 1 aliphatic heterocycles. The van der Waals surface area contributed by atoms with E-state index in [0.717, 1.165) is 37.1 Å². The number of nitrogen functional groups attached to an aromatic ring is 1. The second-order valence-electron chi connectivity index (χ2n) is 6.13. The highest BCUT2D eigenvalue weighted by atomic mass is 16.5. The Kier molecular flexibility index (Phi) is 4.55. The third-order valence-electron chi connectivity index (χ3n) is 4.48. The Morgan fingerprint density at radius 2 is 2.10 bits per heavy atom. The van der Waals surface area contributed by atoms with Crippen LogP contribution in [0.25, 0.3) is 0 Å². The van der Waals surface area contributed by atoms with Gasteiger partial charge in [0.25, 0.3) is 0 Å². The van der Waals surface area contributed by atoms with E-state index in [-0.39, 0.29) is 0 Å². The fraction of sp³-hybridized carbons (Fsp3) is 0.733. The van der Waals surface area contributed by atoms with Gasteiger partial charge < -0.3 is 20.7 Å². The van der Waals surface area contributed by atoms with Crippen molar-refractivity contribution in [2.24, 2.45) is 5.92 Å². The highest BCUT2D eigenvalue weighted by molar-refractivity contribution is 5.46. The second kappa shape index (κ2) is 6.58. The number of hydrogen-bond acceptors (Lipinski definition) is 6. The smallest absolute Gasteiger partial charge is 0.222 e. The number of rotatable bonds is 6. The zero-order valence-electron chi connectivity index (χ0n) is 12.7.